The lowest BCUT2D eigenvalue weighted by Gasteiger charge is -2.40. The summed E-state index contributed by atoms with van der Waals surface area (Å²) in [5.74, 6) is 0.978. The van der Waals surface area contributed by atoms with Crippen molar-refractivity contribution in [1.29, 1.82) is 0 Å². The van der Waals surface area contributed by atoms with E-state index in [1.165, 1.54) is 11.3 Å². The molecule has 1 aliphatic carbocycles. The van der Waals surface area contributed by atoms with Crippen molar-refractivity contribution in [1.82, 2.24) is 20.2 Å². The normalized spacial score (nSPS) is 22.2. The standard InChI is InChI=1S/C20H24N4O/c1-21-13-17(25)24-11-5-9-20(14-24)10-8-16-12-22-19(23-18(16)20)15-6-3-2-4-7-15/h2-4,6-7,12,21H,5,8-11,13-14H2,1H3. The van der Waals surface area contributed by atoms with Crippen LogP contribution in [-0.4, -0.2) is 47.5 Å². The van der Waals surface area contributed by atoms with E-state index in [0.717, 1.165) is 50.2 Å². The van der Waals surface area contributed by atoms with E-state index in [9.17, 15) is 4.79 Å². The van der Waals surface area contributed by atoms with Gasteiger partial charge in [-0.1, -0.05) is 30.3 Å². The highest BCUT2D eigenvalue weighted by molar-refractivity contribution is 5.78. The van der Waals surface area contributed by atoms with Gasteiger partial charge in [-0.2, -0.15) is 0 Å². The summed E-state index contributed by atoms with van der Waals surface area (Å²) < 4.78 is 0. The third-order valence-corrected chi connectivity index (χ3v) is 5.53. The average molecular weight is 336 g/mol. The van der Waals surface area contributed by atoms with Gasteiger partial charge in [0.2, 0.25) is 5.91 Å². The van der Waals surface area contributed by atoms with Crippen LogP contribution in [0.2, 0.25) is 0 Å². The number of carbonyl (C=O) groups excluding carboxylic acids is 1. The number of rotatable bonds is 3. The Labute approximate surface area is 148 Å². The molecule has 1 saturated heterocycles. The Morgan fingerprint density at radius 3 is 2.92 bits per heavy atom. The molecule has 1 aromatic heterocycles. The van der Waals surface area contributed by atoms with Gasteiger partial charge in [0.05, 0.1) is 12.2 Å². The smallest absolute Gasteiger partial charge is 0.236 e. The third-order valence-electron chi connectivity index (χ3n) is 5.53. The van der Waals surface area contributed by atoms with E-state index < -0.39 is 0 Å². The minimum atomic E-state index is 0.00343. The molecule has 0 radical (unpaired) electrons. The molecule has 0 bridgehead atoms. The van der Waals surface area contributed by atoms with Crippen molar-refractivity contribution in [2.75, 3.05) is 26.7 Å². The van der Waals surface area contributed by atoms with Crippen molar-refractivity contribution in [3.8, 4) is 11.4 Å². The molecule has 1 spiro atoms. The molecule has 2 aromatic rings. The van der Waals surface area contributed by atoms with Gasteiger partial charge in [-0.15, -0.1) is 0 Å². The van der Waals surface area contributed by atoms with Crippen LogP contribution in [0.5, 0.6) is 0 Å². The van der Waals surface area contributed by atoms with E-state index >= 15 is 0 Å². The van der Waals surface area contributed by atoms with Gasteiger partial charge in [-0.3, -0.25) is 4.79 Å². The van der Waals surface area contributed by atoms with Crippen molar-refractivity contribution in [2.45, 2.75) is 31.1 Å². The van der Waals surface area contributed by atoms with Crippen molar-refractivity contribution in [3.05, 3.63) is 47.8 Å². The number of likely N-dealkylation sites (N-methyl/N-ethyl adjacent to an activating group) is 1. The second-order valence-corrected chi connectivity index (χ2v) is 7.16. The Morgan fingerprint density at radius 2 is 2.12 bits per heavy atom. The summed E-state index contributed by atoms with van der Waals surface area (Å²) in [7, 11) is 1.82. The van der Waals surface area contributed by atoms with Gasteiger partial charge in [-0.25, -0.2) is 9.97 Å². The number of aromatic nitrogens is 2. The lowest BCUT2D eigenvalue weighted by Crippen LogP contribution is -2.49. The monoisotopic (exact) mass is 336 g/mol. The first-order valence-corrected chi connectivity index (χ1v) is 9.06. The summed E-state index contributed by atoms with van der Waals surface area (Å²) in [5.41, 5.74) is 3.47. The molecule has 0 saturated carbocycles. The maximum atomic E-state index is 12.4. The zero-order chi connectivity index (χ0) is 17.3. The predicted octanol–water partition coefficient (Wildman–Crippen LogP) is 2.17. The molecule has 5 nitrogen and oxygen atoms in total. The van der Waals surface area contributed by atoms with Crippen molar-refractivity contribution >= 4 is 5.91 Å². The summed E-state index contributed by atoms with van der Waals surface area (Å²) in [6.07, 6.45) is 6.22. The van der Waals surface area contributed by atoms with Gasteiger partial charge < -0.3 is 10.2 Å². The topological polar surface area (TPSA) is 58.1 Å². The zero-order valence-electron chi connectivity index (χ0n) is 14.7. The number of nitrogens with one attached hydrogen (secondary N) is 1. The third kappa shape index (κ3) is 2.93. The van der Waals surface area contributed by atoms with E-state index in [2.05, 4.69) is 10.3 Å². The first-order valence-electron chi connectivity index (χ1n) is 9.06. The Hall–Kier alpha value is -2.27. The quantitative estimate of drug-likeness (QED) is 0.933. The molecule has 1 atom stereocenters. The van der Waals surface area contributed by atoms with Crippen LogP contribution in [0.15, 0.2) is 36.5 Å². The Kier molecular flexibility index (Phi) is 4.25. The average Bonchev–Trinajstić information content (AvgIpc) is 3.00. The number of hydrogen-bond acceptors (Lipinski definition) is 4. The van der Waals surface area contributed by atoms with Crippen LogP contribution in [0, 0.1) is 0 Å². The second kappa shape index (κ2) is 6.56. The molecule has 1 aliphatic heterocycles. The van der Waals surface area contributed by atoms with Gasteiger partial charge in [0.25, 0.3) is 0 Å². The maximum Gasteiger partial charge on any atom is 0.236 e. The summed E-state index contributed by atoms with van der Waals surface area (Å²) in [6.45, 7) is 2.04. The van der Waals surface area contributed by atoms with Crippen LogP contribution in [-0.2, 0) is 16.6 Å². The van der Waals surface area contributed by atoms with E-state index in [4.69, 9.17) is 4.98 Å². The number of aryl methyl sites for hydroxylation is 1. The molecule has 5 heteroatoms. The first-order chi connectivity index (χ1) is 12.2. The van der Waals surface area contributed by atoms with Gasteiger partial charge >= 0.3 is 0 Å². The fourth-order valence-electron chi connectivity index (χ4n) is 4.27. The SMILES string of the molecule is CNCC(=O)N1CCCC2(CCc3cnc(-c4ccccc4)nc32)C1. The number of likely N-dealkylation sites (tertiary alicyclic amines) is 1. The summed E-state index contributed by atoms with van der Waals surface area (Å²) in [6, 6.07) is 10.1. The largest absolute Gasteiger partial charge is 0.341 e. The number of nitrogens with zero attached hydrogens (tertiary/aromatic N) is 3. The lowest BCUT2D eigenvalue weighted by atomic mass is 9.77. The fourth-order valence-corrected chi connectivity index (χ4v) is 4.27. The molecular formula is C20H24N4O. The highest BCUT2D eigenvalue weighted by atomic mass is 16.2. The van der Waals surface area contributed by atoms with Crippen molar-refractivity contribution in [2.24, 2.45) is 0 Å². The van der Waals surface area contributed by atoms with Gasteiger partial charge in [0.1, 0.15) is 0 Å². The van der Waals surface area contributed by atoms with Crippen LogP contribution in [0.25, 0.3) is 11.4 Å². The van der Waals surface area contributed by atoms with Gasteiger partial charge in [-0.05, 0) is 38.3 Å². The Bertz CT molecular complexity index is 773. The van der Waals surface area contributed by atoms with Gasteiger partial charge in [0.15, 0.2) is 5.82 Å². The Balaban J connectivity index is 1.67. The van der Waals surface area contributed by atoms with E-state index in [0.29, 0.717) is 6.54 Å². The number of piperidine rings is 1. The number of hydrogen-bond donors (Lipinski definition) is 1. The maximum absolute atomic E-state index is 12.4. The summed E-state index contributed by atoms with van der Waals surface area (Å²) in [5, 5.41) is 2.98. The molecule has 130 valence electrons. The molecule has 1 amide bonds. The van der Waals surface area contributed by atoms with Crippen LogP contribution in [0.3, 0.4) is 0 Å². The molecule has 2 aliphatic rings. The zero-order valence-corrected chi connectivity index (χ0v) is 14.7. The molecule has 1 fully saturated rings. The predicted molar refractivity (Wildman–Crippen MR) is 97.2 cm³/mol. The van der Waals surface area contributed by atoms with Crippen LogP contribution in [0.4, 0.5) is 0 Å². The van der Waals surface area contributed by atoms with Gasteiger partial charge in [0, 0.05) is 30.3 Å². The number of benzene rings is 1. The number of amides is 1. The minimum absolute atomic E-state index is 0.00343. The number of fused-ring (bicyclic) bond motifs is 2. The van der Waals surface area contributed by atoms with Crippen molar-refractivity contribution in [3.63, 3.8) is 0 Å². The van der Waals surface area contributed by atoms with E-state index in [1.54, 1.807) is 0 Å². The fraction of sp³-hybridized carbons (Fsp3) is 0.450. The molecule has 25 heavy (non-hydrogen) atoms. The summed E-state index contributed by atoms with van der Waals surface area (Å²) in [4.78, 5) is 23.9. The van der Waals surface area contributed by atoms with Crippen LogP contribution < -0.4 is 5.32 Å². The highest BCUT2D eigenvalue weighted by Crippen LogP contribution is 2.44. The molecular weight excluding hydrogens is 312 g/mol. The highest BCUT2D eigenvalue weighted by Gasteiger charge is 2.44. The summed E-state index contributed by atoms with van der Waals surface area (Å²) >= 11 is 0. The van der Waals surface area contributed by atoms with Crippen molar-refractivity contribution < 1.29 is 4.79 Å². The molecule has 1 aromatic carbocycles. The second-order valence-electron chi connectivity index (χ2n) is 7.16. The molecule has 2 heterocycles. The first kappa shape index (κ1) is 16.2. The van der Waals surface area contributed by atoms with Crippen LogP contribution >= 0.6 is 0 Å². The lowest BCUT2D eigenvalue weighted by molar-refractivity contribution is -0.132. The Morgan fingerprint density at radius 1 is 1.28 bits per heavy atom. The van der Waals surface area contributed by atoms with E-state index in [-0.39, 0.29) is 11.3 Å². The molecule has 1 N–H and O–H groups in total. The number of carbonyl (C=O) groups is 1. The van der Waals surface area contributed by atoms with Crippen LogP contribution in [0.1, 0.15) is 30.5 Å². The molecule has 1 unspecified atom stereocenters. The van der Waals surface area contributed by atoms with E-state index in [1.807, 2.05) is 48.5 Å². The minimum Gasteiger partial charge on any atom is -0.341 e. The molecule has 4 rings (SSSR count).